The van der Waals surface area contributed by atoms with Gasteiger partial charge in [-0.1, -0.05) is 18.2 Å². The molecule has 0 aliphatic heterocycles. The molecule has 134 valence electrons. The van der Waals surface area contributed by atoms with Gasteiger partial charge in [0.1, 0.15) is 0 Å². The van der Waals surface area contributed by atoms with E-state index in [9.17, 15) is 0 Å². The van der Waals surface area contributed by atoms with Crippen LogP contribution in [0.2, 0.25) is 0 Å². The van der Waals surface area contributed by atoms with Crippen molar-refractivity contribution in [2.45, 2.75) is 19.6 Å². The van der Waals surface area contributed by atoms with Gasteiger partial charge in [0.15, 0.2) is 0 Å². The zero-order valence-electron chi connectivity index (χ0n) is 15.2. The van der Waals surface area contributed by atoms with Crippen molar-refractivity contribution in [3.05, 3.63) is 90.3 Å². The molecule has 0 aliphatic rings. The topological polar surface area (TPSA) is 45.2 Å². The number of nitrogens with zero attached hydrogens (tertiary/aromatic N) is 5. The first-order valence-corrected chi connectivity index (χ1v) is 8.90. The van der Waals surface area contributed by atoms with Crippen molar-refractivity contribution in [1.29, 1.82) is 0 Å². The molecule has 0 radical (unpaired) electrons. The molecule has 3 aromatic heterocycles. The van der Waals surface area contributed by atoms with E-state index < -0.39 is 0 Å². The standard InChI is InChI=1S/C21H25N5/c1-25(16-19-8-2-5-11-22-19)14-15-26(17-20-9-3-6-12-23-20)18-21-10-4-7-13-24-21/h2-13H,14-18H2,1H3. The summed E-state index contributed by atoms with van der Waals surface area (Å²) in [5.41, 5.74) is 3.25. The molecule has 3 aromatic rings. The molecule has 0 amide bonds. The maximum atomic E-state index is 4.47. The predicted molar refractivity (Wildman–Crippen MR) is 103 cm³/mol. The summed E-state index contributed by atoms with van der Waals surface area (Å²) in [5, 5.41) is 0. The molecule has 0 N–H and O–H groups in total. The lowest BCUT2D eigenvalue weighted by molar-refractivity contribution is 0.204. The van der Waals surface area contributed by atoms with Gasteiger partial charge in [-0.25, -0.2) is 0 Å². The molecule has 3 rings (SSSR count). The normalized spacial score (nSPS) is 11.2. The SMILES string of the molecule is CN(CCN(Cc1ccccn1)Cc1ccccn1)Cc1ccccn1. The van der Waals surface area contributed by atoms with Gasteiger partial charge < -0.3 is 0 Å². The van der Waals surface area contributed by atoms with Crippen LogP contribution in [0.25, 0.3) is 0 Å². The molecule has 5 nitrogen and oxygen atoms in total. The third-order valence-electron chi connectivity index (χ3n) is 4.18. The van der Waals surface area contributed by atoms with Crippen molar-refractivity contribution in [2.75, 3.05) is 20.1 Å². The van der Waals surface area contributed by atoms with Crippen molar-refractivity contribution in [1.82, 2.24) is 24.8 Å². The maximum Gasteiger partial charge on any atom is 0.0544 e. The summed E-state index contributed by atoms with van der Waals surface area (Å²) in [6.45, 7) is 4.37. The second-order valence-corrected chi connectivity index (χ2v) is 6.41. The molecule has 0 aliphatic carbocycles. The Bertz CT molecular complexity index is 708. The van der Waals surface area contributed by atoms with Crippen LogP contribution in [0, 0.1) is 0 Å². The number of rotatable bonds is 9. The van der Waals surface area contributed by atoms with Crippen LogP contribution in [0.15, 0.2) is 73.2 Å². The first-order chi connectivity index (χ1) is 12.8. The fourth-order valence-corrected chi connectivity index (χ4v) is 2.81. The Kier molecular flexibility index (Phi) is 6.81. The smallest absolute Gasteiger partial charge is 0.0544 e. The van der Waals surface area contributed by atoms with E-state index in [0.29, 0.717) is 0 Å². The molecule has 0 bridgehead atoms. The Labute approximate surface area is 155 Å². The monoisotopic (exact) mass is 347 g/mol. The van der Waals surface area contributed by atoms with Gasteiger partial charge >= 0.3 is 0 Å². The minimum absolute atomic E-state index is 0.814. The highest BCUT2D eigenvalue weighted by atomic mass is 15.2. The van der Waals surface area contributed by atoms with Gasteiger partial charge in [0.2, 0.25) is 0 Å². The Hall–Kier alpha value is -2.63. The van der Waals surface area contributed by atoms with Crippen LogP contribution < -0.4 is 0 Å². The molecule has 3 heterocycles. The van der Waals surface area contributed by atoms with Gasteiger partial charge in [-0.2, -0.15) is 0 Å². The lowest BCUT2D eigenvalue weighted by atomic mass is 10.2. The molecule has 0 saturated heterocycles. The minimum Gasteiger partial charge on any atom is -0.299 e. The van der Waals surface area contributed by atoms with Gasteiger partial charge in [-0.05, 0) is 43.4 Å². The fraction of sp³-hybridized carbons (Fsp3) is 0.286. The third-order valence-corrected chi connectivity index (χ3v) is 4.18. The molecule has 26 heavy (non-hydrogen) atoms. The average molecular weight is 347 g/mol. The first-order valence-electron chi connectivity index (χ1n) is 8.90. The molecule has 0 aromatic carbocycles. The van der Waals surface area contributed by atoms with E-state index in [2.05, 4.69) is 50.0 Å². The highest BCUT2D eigenvalue weighted by Gasteiger charge is 2.10. The summed E-state index contributed by atoms with van der Waals surface area (Å²) in [6.07, 6.45) is 5.54. The van der Waals surface area contributed by atoms with Crippen molar-refractivity contribution in [3.63, 3.8) is 0 Å². The molecular formula is C21H25N5. The van der Waals surface area contributed by atoms with Crippen LogP contribution in [0.3, 0.4) is 0 Å². The van der Waals surface area contributed by atoms with E-state index in [1.165, 1.54) is 0 Å². The minimum atomic E-state index is 0.814. The number of hydrogen-bond donors (Lipinski definition) is 0. The van der Waals surface area contributed by atoms with E-state index in [4.69, 9.17) is 0 Å². The number of hydrogen-bond acceptors (Lipinski definition) is 5. The van der Waals surface area contributed by atoms with E-state index in [-0.39, 0.29) is 0 Å². The lowest BCUT2D eigenvalue weighted by Gasteiger charge is -2.25. The van der Waals surface area contributed by atoms with E-state index >= 15 is 0 Å². The van der Waals surface area contributed by atoms with Crippen LogP contribution in [0.4, 0.5) is 0 Å². The summed E-state index contributed by atoms with van der Waals surface area (Å²) in [6, 6.07) is 18.2. The molecule has 0 unspecified atom stereocenters. The quantitative estimate of drug-likeness (QED) is 0.595. The van der Waals surface area contributed by atoms with Gasteiger partial charge in [-0.3, -0.25) is 24.8 Å². The van der Waals surface area contributed by atoms with Gasteiger partial charge in [0, 0.05) is 51.3 Å². The fourth-order valence-electron chi connectivity index (χ4n) is 2.81. The number of likely N-dealkylation sites (N-methyl/N-ethyl adjacent to an activating group) is 1. The summed E-state index contributed by atoms with van der Waals surface area (Å²) >= 11 is 0. The maximum absolute atomic E-state index is 4.47. The summed E-state index contributed by atoms with van der Waals surface area (Å²) < 4.78 is 0. The van der Waals surface area contributed by atoms with Crippen LogP contribution in [-0.4, -0.2) is 44.9 Å². The first kappa shape index (κ1) is 18.2. The van der Waals surface area contributed by atoms with Crippen molar-refractivity contribution in [2.24, 2.45) is 0 Å². The lowest BCUT2D eigenvalue weighted by Crippen LogP contribution is -2.33. The van der Waals surface area contributed by atoms with Crippen molar-refractivity contribution < 1.29 is 0 Å². The molecule has 0 saturated carbocycles. The number of aromatic nitrogens is 3. The van der Waals surface area contributed by atoms with E-state index in [0.717, 1.165) is 49.8 Å². The molecular weight excluding hydrogens is 322 g/mol. The van der Waals surface area contributed by atoms with Crippen LogP contribution in [0.1, 0.15) is 17.1 Å². The molecule has 5 heteroatoms. The Morgan fingerprint density at radius 1 is 0.615 bits per heavy atom. The van der Waals surface area contributed by atoms with Crippen molar-refractivity contribution >= 4 is 0 Å². The van der Waals surface area contributed by atoms with Crippen LogP contribution in [-0.2, 0) is 19.6 Å². The van der Waals surface area contributed by atoms with Gasteiger partial charge in [0.05, 0.1) is 17.1 Å². The van der Waals surface area contributed by atoms with E-state index in [1.54, 1.807) is 0 Å². The Morgan fingerprint density at radius 2 is 1.08 bits per heavy atom. The third kappa shape index (κ3) is 6.02. The second kappa shape index (κ2) is 9.75. The Morgan fingerprint density at radius 3 is 1.50 bits per heavy atom. The van der Waals surface area contributed by atoms with Gasteiger partial charge in [0.25, 0.3) is 0 Å². The Balaban J connectivity index is 1.59. The van der Waals surface area contributed by atoms with Crippen LogP contribution >= 0.6 is 0 Å². The van der Waals surface area contributed by atoms with E-state index in [1.807, 2.05) is 55.0 Å². The highest BCUT2D eigenvalue weighted by molar-refractivity contribution is 5.06. The number of pyridine rings is 3. The average Bonchev–Trinajstić information content (AvgIpc) is 2.68. The van der Waals surface area contributed by atoms with Crippen LogP contribution in [0.5, 0.6) is 0 Å². The second-order valence-electron chi connectivity index (χ2n) is 6.41. The highest BCUT2D eigenvalue weighted by Crippen LogP contribution is 2.07. The summed E-state index contributed by atoms with van der Waals surface area (Å²) in [7, 11) is 2.13. The van der Waals surface area contributed by atoms with Crippen molar-refractivity contribution in [3.8, 4) is 0 Å². The summed E-state index contributed by atoms with van der Waals surface area (Å²) in [4.78, 5) is 18.0. The van der Waals surface area contributed by atoms with Gasteiger partial charge in [-0.15, -0.1) is 0 Å². The predicted octanol–water partition coefficient (Wildman–Crippen LogP) is 3.01. The zero-order chi connectivity index (χ0) is 18.0. The molecule has 0 atom stereocenters. The zero-order valence-corrected chi connectivity index (χ0v) is 15.2. The summed E-state index contributed by atoms with van der Waals surface area (Å²) in [5.74, 6) is 0. The molecule has 0 spiro atoms. The largest absolute Gasteiger partial charge is 0.299 e. The molecule has 0 fully saturated rings.